The second-order valence-electron chi connectivity index (χ2n) is 3.77. The van der Waals surface area contributed by atoms with Gasteiger partial charge in [0.25, 0.3) is 0 Å². The Bertz CT molecular complexity index is 227. The van der Waals surface area contributed by atoms with Gasteiger partial charge in [0.15, 0.2) is 0 Å². The average molecular weight is 201 g/mol. The maximum Gasteiger partial charge on any atom is 0.0773 e. The van der Waals surface area contributed by atoms with Crippen LogP contribution in [0.5, 0.6) is 0 Å². The molecule has 74 valence electrons. The molecule has 1 aliphatic rings. The molecule has 1 fully saturated rings. The summed E-state index contributed by atoms with van der Waals surface area (Å²) in [4.78, 5) is 4.59. The monoisotopic (exact) mass is 200 g/mol. The van der Waals surface area contributed by atoms with E-state index in [1.54, 1.807) is 0 Å². The lowest BCUT2D eigenvalue weighted by molar-refractivity contribution is 0.419. The van der Waals surface area contributed by atoms with Crippen molar-refractivity contribution in [3.8, 4) is 0 Å². The highest BCUT2D eigenvalue weighted by Crippen LogP contribution is 2.24. The number of nitrogens with two attached hydrogens (primary N) is 1. The molecule has 0 saturated heterocycles. The summed E-state index contributed by atoms with van der Waals surface area (Å²) in [5.74, 6) is 0.355. The van der Waals surface area contributed by atoms with E-state index in [4.69, 9.17) is 17.3 Å². The number of hydrogen-bond donors (Lipinski definition) is 1. The molecule has 1 saturated carbocycles. The highest BCUT2D eigenvalue weighted by atomic mass is 35.5. The molecule has 0 unspecified atom stereocenters. The smallest absolute Gasteiger partial charge is 0.0773 e. The Kier molecular flexibility index (Phi) is 3.79. The first-order valence-electron chi connectivity index (χ1n) is 4.80. The number of halogens is 1. The lowest BCUT2D eigenvalue weighted by Gasteiger charge is -2.23. The van der Waals surface area contributed by atoms with Gasteiger partial charge in [0, 0.05) is 6.20 Å². The Morgan fingerprint density at radius 2 is 2.15 bits per heavy atom. The van der Waals surface area contributed by atoms with Gasteiger partial charge in [-0.15, -0.1) is 0 Å². The third-order valence-electron chi connectivity index (χ3n) is 2.33. The minimum atomic E-state index is 0.355. The second-order valence-corrected chi connectivity index (χ2v) is 4.18. The number of allylic oxidation sites excluding steroid dienone is 1. The van der Waals surface area contributed by atoms with Gasteiger partial charge in [-0.25, -0.2) is 0 Å². The SMILES string of the molecule is CC(C)C(=NC1CCC1)/C(Cl)=C\N. The topological polar surface area (TPSA) is 38.4 Å². The Hall–Kier alpha value is -0.500. The van der Waals surface area contributed by atoms with E-state index in [-0.39, 0.29) is 0 Å². The molecule has 0 aromatic rings. The quantitative estimate of drug-likeness (QED) is 0.699. The minimum Gasteiger partial charge on any atom is -0.403 e. The third kappa shape index (κ3) is 2.73. The van der Waals surface area contributed by atoms with Crippen LogP contribution in [-0.4, -0.2) is 11.8 Å². The van der Waals surface area contributed by atoms with Crippen molar-refractivity contribution in [3.63, 3.8) is 0 Å². The van der Waals surface area contributed by atoms with Crippen LogP contribution in [0.25, 0.3) is 0 Å². The molecule has 0 aliphatic heterocycles. The fourth-order valence-electron chi connectivity index (χ4n) is 1.28. The van der Waals surface area contributed by atoms with Gasteiger partial charge in [0.05, 0.1) is 16.8 Å². The van der Waals surface area contributed by atoms with Gasteiger partial charge in [-0.2, -0.15) is 0 Å². The maximum atomic E-state index is 5.96. The summed E-state index contributed by atoms with van der Waals surface area (Å²) in [6.07, 6.45) is 5.12. The van der Waals surface area contributed by atoms with Crippen LogP contribution in [0.4, 0.5) is 0 Å². The fourth-order valence-corrected chi connectivity index (χ4v) is 1.55. The van der Waals surface area contributed by atoms with Crippen molar-refractivity contribution in [3.05, 3.63) is 11.2 Å². The zero-order valence-corrected chi connectivity index (χ0v) is 9.01. The maximum absolute atomic E-state index is 5.96. The Morgan fingerprint density at radius 1 is 1.54 bits per heavy atom. The van der Waals surface area contributed by atoms with Crippen LogP contribution in [0, 0.1) is 5.92 Å². The fraction of sp³-hybridized carbons (Fsp3) is 0.700. The predicted octanol–water partition coefficient (Wildman–Crippen LogP) is 2.67. The molecule has 0 heterocycles. The van der Waals surface area contributed by atoms with E-state index >= 15 is 0 Å². The van der Waals surface area contributed by atoms with E-state index in [1.807, 2.05) is 0 Å². The van der Waals surface area contributed by atoms with Crippen LogP contribution in [0.2, 0.25) is 0 Å². The summed E-state index contributed by atoms with van der Waals surface area (Å²) in [6.45, 7) is 4.17. The summed E-state index contributed by atoms with van der Waals surface area (Å²) in [6, 6.07) is 0.492. The molecule has 13 heavy (non-hydrogen) atoms. The molecular formula is C10H17ClN2. The van der Waals surface area contributed by atoms with E-state index in [0.29, 0.717) is 17.0 Å². The van der Waals surface area contributed by atoms with Crippen LogP contribution in [0.15, 0.2) is 16.2 Å². The van der Waals surface area contributed by atoms with E-state index in [2.05, 4.69) is 18.8 Å². The summed E-state index contributed by atoms with van der Waals surface area (Å²) in [5.41, 5.74) is 6.32. The van der Waals surface area contributed by atoms with Crippen LogP contribution < -0.4 is 5.73 Å². The molecule has 1 aliphatic carbocycles. The summed E-state index contributed by atoms with van der Waals surface area (Å²) in [5, 5.41) is 0.599. The number of aliphatic imine (C=N–C) groups is 1. The van der Waals surface area contributed by atoms with Crippen molar-refractivity contribution in [1.82, 2.24) is 0 Å². The highest BCUT2D eigenvalue weighted by Gasteiger charge is 2.19. The molecule has 0 atom stereocenters. The van der Waals surface area contributed by atoms with Gasteiger partial charge >= 0.3 is 0 Å². The van der Waals surface area contributed by atoms with Crippen molar-refractivity contribution >= 4 is 17.3 Å². The molecule has 3 heteroatoms. The molecule has 0 aromatic carbocycles. The van der Waals surface area contributed by atoms with E-state index in [0.717, 1.165) is 5.71 Å². The predicted molar refractivity (Wildman–Crippen MR) is 58.0 cm³/mol. The second kappa shape index (κ2) is 4.66. The molecule has 0 amide bonds. The van der Waals surface area contributed by atoms with Crippen LogP contribution in [0.1, 0.15) is 33.1 Å². The van der Waals surface area contributed by atoms with Gasteiger partial charge in [0.1, 0.15) is 0 Å². The number of rotatable bonds is 3. The minimum absolute atomic E-state index is 0.355. The Labute approximate surface area is 84.9 Å². The third-order valence-corrected chi connectivity index (χ3v) is 2.65. The van der Waals surface area contributed by atoms with Gasteiger partial charge < -0.3 is 5.73 Å². The summed E-state index contributed by atoms with van der Waals surface area (Å²) >= 11 is 5.96. The van der Waals surface area contributed by atoms with Gasteiger partial charge in [-0.1, -0.05) is 25.4 Å². The van der Waals surface area contributed by atoms with E-state index in [9.17, 15) is 0 Å². The molecule has 0 aromatic heterocycles. The molecule has 1 rings (SSSR count). The first-order chi connectivity index (χ1) is 6.15. The van der Waals surface area contributed by atoms with Gasteiger partial charge in [0.2, 0.25) is 0 Å². The Morgan fingerprint density at radius 3 is 2.46 bits per heavy atom. The van der Waals surface area contributed by atoms with E-state index in [1.165, 1.54) is 25.5 Å². The average Bonchev–Trinajstić information content (AvgIpc) is 2.00. The van der Waals surface area contributed by atoms with Crippen LogP contribution in [0.3, 0.4) is 0 Å². The molecule has 0 radical (unpaired) electrons. The lowest BCUT2D eigenvalue weighted by Crippen LogP contribution is -2.20. The number of nitrogens with zero attached hydrogens (tertiary/aromatic N) is 1. The van der Waals surface area contributed by atoms with Crippen molar-refractivity contribution in [2.45, 2.75) is 39.2 Å². The molecular weight excluding hydrogens is 184 g/mol. The van der Waals surface area contributed by atoms with Crippen molar-refractivity contribution in [2.75, 3.05) is 0 Å². The van der Waals surface area contributed by atoms with Crippen molar-refractivity contribution < 1.29 is 0 Å². The lowest BCUT2D eigenvalue weighted by atomic mass is 9.93. The van der Waals surface area contributed by atoms with Crippen LogP contribution >= 0.6 is 11.6 Å². The molecule has 2 nitrogen and oxygen atoms in total. The van der Waals surface area contributed by atoms with E-state index < -0.39 is 0 Å². The van der Waals surface area contributed by atoms with Gasteiger partial charge in [-0.3, -0.25) is 4.99 Å². The first kappa shape index (κ1) is 10.6. The largest absolute Gasteiger partial charge is 0.403 e. The summed E-state index contributed by atoms with van der Waals surface area (Å²) < 4.78 is 0. The van der Waals surface area contributed by atoms with Crippen molar-refractivity contribution in [2.24, 2.45) is 16.6 Å². The number of hydrogen-bond acceptors (Lipinski definition) is 2. The van der Waals surface area contributed by atoms with Gasteiger partial charge in [-0.05, 0) is 25.2 Å². The first-order valence-corrected chi connectivity index (χ1v) is 5.18. The highest BCUT2D eigenvalue weighted by molar-refractivity contribution is 6.43. The standard InChI is InChI=1S/C10H17ClN2/c1-7(2)10(9(11)6-12)13-8-4-3-5-8/h6-8H,3-5,12H2,1-2H3/b9-6+,13-10?. The normalized spacial score (nSPS) is 20.6. The molecule has 0 spiro atoms. The van der Waals surface area contributed by atoms with Crippen LogP contribution in [-0.2, 0) is 0 Å². The van der Waals surface area contributed by atoms with Crippen molar-refractivity contribution in [1.29, 1.82) is 0 Å². The summed E-state index contributed by atoms with van der Waals surface area (Å²) in [7, 11) is 0. The zero-order chi connectivity index (χ0) is 9.84. The Balaban J connectivity index is 2.71. The zero-order valence-electron chi connectivity index (χ0n) is 8.26. The molecule has 0 bridgehead atoms. The molecule has 2 N–H and O–H groups in total.